The van der Waals surface area contributed by atoms with E-state index >= 15 is 0 Å². The molecule has 0 amide bonds. The molecule has 1 aromatic heterocycles. The molecular formula is C18H15F6NO2. The zero-order chi connectivity index (χ0) is 19.8. The Bertz CT molecular complexity index is 838. The molecule has 0 spiro atoms. The van der Waals surface area contributed by atoms with Crippen LogP contribution in [0.25, 0.3) is 10.8 Å². The van der Waals surface area contributed by atoms with Gasteiger partial charge in [-0.1, -0.05) is 6.07 Å². The number of carbonyl (C=O) groups excluding carboxylic acids is 1. The van der Waals surface area contributed by atoms with Crippen molar-refractivity contribution in [2.45, 2.75) is 44.1 Å². The molecule has 0 N–H and O–H groups in total. The van der Waals surface area contributed by atoms with Crippen molar-refractivity contribution in [3.63, 3.8) is 0 Å². The lowest BCUT2D eigenvalue weighted by atomic mass is 9.87. The van der Waals surface area contributed by atoms with Gasteiger partial charge >= 0.3 is 12.4 Å². The number of benzene rings is 1. The highest BCUT2D eigenvalue weighted by atomic mass is 19.4. The highest BCUT2D eigenvalue weighted by Crippen LogP contribution is 2.43. The molecule has 0 unspecified atom stereocenters. The summed E-state index contributed by atoms with van der Waals surface area (Å²) in [5.74, 6) is -1.88. The van der Waals surface area contributed by atoms with Crippen molar-refractivity contribution < 1.29 is 35.9 Å². The highest BCUT2D eigenvalue weighted by Gasteiger charge is 2.42. The first-order valence-electron chi connectivity index (χ1n) is 8.28. The van der Waals surface area contributed by atoms with Crippen LogP contribution in [0, 0.1) is 5.92 Å². The van der Waals surface area contributed by atoms with Crippen molar-refractivity contribution in [3.8, 4) is 5.75 Å². The summed E-state index contributed by atoms with van der Waals surface area (Å²) >= 11 is 0. The Morgan fingerprint density at radius 3 is 2.26 bits per heavy atom. The number of pyridine rings is 1. The summed E-state index contributed by atoms with van der Waals surface area (Å²) in [6.45, 7) is 0. The van der Waals surface area contributed by atoms with Gasteiger partial charge in [0.05, 0.1) is 12.0 Å². The van der Waals surface area contributed by atoms with E-state index in [1.807, 2.05) is 0 Å². The van der Waals surface area contributed by atoms with Crippen LogP contribution < -0.4 is 4.74 Å². The van der Waals surface area contributed by atoms with Crippen molar-refractivity contribution in [2.75, 3.05) is 0 Å². The summed E-state index contributed by atoms with van der Waals surface area (Å²) in [4.78, 5) is 14.4. The summed E-state index contributed by atoms with van der Waals surface area (Å²) < 4.78 is 84.5. The molecule has 0 atom stereocenters. The van der Waals surface area contributed by atoms with Crippen molar-refractivity contribution in [3.05, 3.63) is 35.7 Å². The van der Waals surface area contributed by atoms with Gasteiger partial charge in [0, 0.05) is 11.6 Å². The van der Waals surface area contributed by atoms with Crippen molar-refractivity contribution in [1.82, 2.24) is 4.98 Å². The first-order valence-corrected chi connectivity index (χ1v) is 8.28. The van der Waals surface area contributed by atoms with Gasteiger partial charge in [-0.05, 0) is 43.2 Å². The van der Waals surface area contributed by atoms with Gasteiger partial charge in [0.2, 0.25) is 0 Å². The first-order chi connectivity index (χ1) is 12.6. The number of nitrogens with zero attached hydrogens (tertiary/aromatic N) is 1. The molecule has 27 heavy (non-hydrogen) atoms. The molecular weight excluding hydrogens is 376 g/mol. The quantitative estimate of drug-likeness (QED) is 0.508. The number of rotatable bonds is 3. The van der Waals surface area contributed by atoms with Crippen LogP contribution in [0.4, 0.5) is 26.3 Å². The van der Waals surface area contributed by atoms with E-state index in [0.29, 0.717) is 6.29 Å². The maximum absolute atomic E-state index is 13.6. The fourth-order valence-corrected chi connectivity index (χ4v) is 3.36. The SMILES string of the molecule is O=Cc1cc2ccc(O[C@H]3CC[C@@H](C(F)(F)F)CC3)c(C(F)(F)F)c2cn1. The summed E-state index contributed by atoms with van der Waals surface area (Å²) in [6.07, 6.45) is -8.67. The smallest absolute Gasteiger partial charge is 0.420 e. The van der Waals surface area contributed by atoms with E-state index in [4.69, 9.17) is 4.74 Å². The number of aldehydes is 1. The molecule has 1 aromatic carbocycles. The molecule has 1 saturated carbocycles. The highest BCUT2D eigenvalue weighted by molar-refractivity contribution is 5.90. The second-order valence-electron chi connectivity index (χ2n) is 6.52. The molecule has 3 nitrogen and oxygen atoms in total. The molecule has 146 valence electrons. The van der Waals surface area contributed by atoms with E-state index in [-0.39, 0.29) is 42.1 Å². The fraction of sp³-hybridized carbons (Fsp3) is 0.444. The number of fused-ring (bicyclic) bond motifs is 1. The Morgan fingerprint density at radius 2 is 1.70 bits per heavy atom. The third kappa shape index (κ3) is 4.17. The predicted molar refractivity (Wildman–Crippen MR) is 84.6 cm³/mol. The Balaban J connectivity index is 1.90. The van der Waals surface area contributed by atoms with Gasteiger partial charge in [-0.2, -0.15) is 26.3 Å². The normalized spacial score (nSPS) is 21.3. The number of hydrogen-bond donors (Lipinski definition) is 0. The van der Waals surface area contributed by atoms with Crippen LogP contribution in [0.2, 0.25) is 0 Å². The Kier molecular flexibility index (Phi) is 5.05. The molecule has 0 saturated heterocycles. The number of hydrogen-bond acceptors (Lipinski definition) is 3. The molecule has 1 fully saturated rings. The largest absolute Gasteiger partial charge is 0.490 e. The minimum absolute atomic E-state index is 0.00485. The van der Waals surface area contributed by atoms with Crippen molar-refractivity contribution in [1.29, 1.82) is 0 Å². The number of alkyl halides is 6. The molecule has 1 heterocycles. The molecule has 2 aromatic rings. The number of carbonyl (C=O) groups is 1. The van der Waals surface area contributed by atoms with Gasteiger partial charge < -0.3 is 4.74 Å². The molecule has 0 bridgehead atoms. The van der Waals surface area contributed by atoms with Crippen LogP contribution in [0.5, 0.6) is 5.75 Å². The van der Waals surface area contributed by atoms with E-state index in [9.17, 15) is 31.1 Å². The van der Waals surface area contributed by atoms with Gasteiger partial charge in [0.1, 0.15) is 17.0 Å². The maximum Gasteiger partial charge on any atom is 0.420 e. The average Bonchev–Trinajstić information content (AvgIpc) is 2.59. The zero-order valence-electron chi connectivity index (χ0n) is 13.9. The average molecular weight is 391 g/mol. The summed E-state index contributed by atoms with van der Waals surface area (Å²) in [6, 6.07) is 3.74. The van der Waals surface area contributed by atoms with E-state index in [2.05, 4.69) is 4.98 Å². The standard InChI is InChI=1S/C18H15F6NO2/c19-17(20,21)11-2-4-13(5-3-11)27-15-6-1-10-7-12(9-26)25-8-14(10)16(15)18(22,23)24/h1,6-9,11,13H,2-5H2/t11-,13+. The van der Waals surface area contributed by atoms with E-state index < -0.39 is 35.7 Å². The predicted octanol–water partition coefficient (Wildman–Crippen LogP) is 5.57. The van der Waals surface area contributed by atoms with Gasteiger partial charge in [0.25, 0.3) is 0 Å². The molecule has 9 heteroatoms. The van der Waals surface area contributed by atoms with Gasteiger partial charge in [-0.3, -0.25) is 9.78 Å². The molecule has 0 radical (unpaired) electrons. The Morgan fingerprint density at radius 1 is 1.04 bits per heavy atom. The lowest BCUT2D eigenvalue weighted by molar-refractivity contribution is -0.185. The Labute approximate surface area is 150 Å². The third-order valence-electron chi connectivity index (χ3n) is 4.72. The third-order valence-corrected chi connectivity index (χ3v) is 4.72. The van der Waals surface area contributed by atoms with Crippen molar-refractivity contribution >= 4 is 17.1 Å². The summed E-state index contributed by atoms with van der Waals surface area (Å²) in [5.41, 5.74) is -1.04. The van der Waals surface area contributed by atoms with Gasteiger partial charge in [-0.25, -0.2) is 0 Å². The molecule has 1 aliphatic carbocycles. The van der Waals surface area contributed by atoms with E-state index in [0.717, 1.165) is 12.3 Å². The maximum atomic E-state index is 13.6. The lowest BCUT2D eigenvalue weighted by Crippen LogP contribution is -2.32. The van der Waals surface area contributed by atoms with Crippen LogP contribution in [0.3, 0.4) is 0 Å². The Hall–Kier alpha value is -2.32. The van der Waals surface area contributed by atoms with E-state index in [1.54, 1.807) is 0 Å². The summed E-state index contributed by atoms with van der Waals surface area (Å²) in [5, 5.41) is -0.0536. The van der Waals surface area contributed by atoms with Crippen molar-refractivity contribution in [2.24, 2.45) is 5.92 Å². The number of halogens is 6. The molecule has 1 aliphatic rings. The fourth-order valence-electron chi connectivity index (χ4n) is 3.36. The topological polar surface area (TPSA) is 39.2 Å². The minimum atomic E-state index is -4.75. The lowest BCUT2D eigenvalue weighted by Gasteiger charge is -2.31. The monoisotopic (exact) mass is 391 g/mol. The van der Waals surface area contributed by atoms with Crippen LogP contribution in [-0.2, 0) is 6.18 Å². The second-order valence-corrected chi connectivity index (χ2v) is 6.52. The summed E-state index contributed by atoms with van der Waals surface area (Å²) in [7, 11) is 0. The first kappa shape index (κ1) is 19.4. The second kappa shape index (κ2) is 7.01. The zero-order valence-corrected chi connectivity index (χ0v) is 13.9. The van der Waals surface area contributed by atoms with Crippen LogP contribution in [0.15, 0.2) is 24.4 Å². The molecule has 3 rings (SSSR count). The van der Waals surface area contributed by atoms with Crippen LogP contribution in [0.1, 0.15) is 41.7 Å². The molecule has 0 aliphatic heterocycles. The van der Waals surface area contributed by atoms with Crippen LogP contribution in [-0.4, -0.2) is 23.6 Å². The van der Waals surface area contributed by atoms with Gasteiger partial charge in [-0.15, -0.1) is 0 Å². The minimum Gasteiger partial charge on any atom is -0.490 e. The van der Waals surface area contributed by atoms with E-state index in [1.165, 1.54) is 12.1 Å². The number of ether oxygens (including phenoxy) is 1. The number of aromatic nitrogens is 1. The van der Waals surface area contributed by atoms with Crippen LogP contribution >= 0.6 is 0 Å². The van der Waals surface area contributed by atoms with Gasteiger partial charge in [0.15, 0.2) is 6.29 Å².